The number of ether oxygens (including phenoxy) is 3. The Morgan fingerprint density at radius 2 is 1.70 bits per heavy atom. The van der Waals surface area contributed by atoms with Crippen molar-refractivity contribution >= 4 is 8.32 Å². The number of fused-ring (bicyclic) bond motifs is 8. The summed E-state index contributed by atoms with van der Waals surface area (Å²) in [5.41, 5.74) is -0.826. The summed E-state index contributed by atoms with van der Waals surface area (Å²) in [5.74, 6) is -0.0576. The maximum absolute atomic E-state index is 6.60. The molecule has 0 radical (unpaired) electrons. The van der Waals surface area contributed by atoms with E-state index in [0.29, 0.717) is 5.92 Å². The largest absolute Gasteiger partial charge is 0.409 e. The molecule has 0 N–H and O–H groups in total. The monoisotopic (exact) mass is 298 g/mol. The zero-order valence-electron chi connectivity index (χ0n) is 13.6. The van der Waals surface area contributed by atoms with Gasteiger partial charge in [-0.2, -0.15) is 0 Å². The SMILES string of the molecule is CC1(C)O[C@H]2[C@@](C)(O1)[C@H]1O[C@]2(C)[C@]2(O[Si](C)(C)C)C[C@H]12. The number of hydrogen-bond donors (Lipinski definition) is 0. The topological polar surface area (TPSA) is 36.9 Å². The zero-order chi connectivity index (χ0) is 14.8. The molecule has 3 saturated heterocycles. The van der Waals surface area contributed by atoms with Crippen LogP contribution in [0.25, 0.3) is 0 Å². The third-order valence-electron chi connectivity index (χ3n) is 5.48. The van der Waals surface area contributed by atoms with Crippen molar-refractivity contribution in [1.29, 1.82) is 0 Å². The van der Waals surface area contributed by atoms with Crippen molar-refractivity contribution in [2.45, 2.75) is 88.6 Å². The molecule has 3 aliphatic heterocycles. The summed E-state index contributed by atoms with van der Waals surface area (Å²) in [6.07, 6.45) is 1.17. The second-order valence-electron chi connectivity index (χ2n) is 8.74. The lowest BCUT2D eigenvalue weighted by Crippen LogP contribution is -2.60. The molecule has 0 unspecified atom stereocenters. The zero-order valence-corrected chi connectivity index (χ0v) is 14.6. The molecule has 0 aromatic heterocycles. The molecule has 5 heteroatoms. The van der Waals surface area contributed by atoms with E-state index in [4.69, 9.17) is 18.6 Å². The van der Waals surface area contributed by atoms with E-state index in [9.17, 15) is 0 Å². The van der Waals surface area contributed by atoms with E-state index in [2.05, 4.69) is 33.5 Å². The average molecular weight is 298 g/mol. The highest BCUT2D eigenvalue weighted by Gasteiger charge is 2.89. The molecule has 20 heavy (non-hydrogen) atoms. The highest BCUT2D eigenvalue weighted by molar-refractivity contribution is 6.69. The summed E-state index contributed by atoms with van der Waals surface area (Å²) in [7, 11) is -1.62. The maximum atomic E-state index is 6.60. The Kier molecular flexibility index (Phi) is 2.19. The fraction of sp³-hybridized carbons (Fsp3) is 1.00. The molecule has 4 rings (SSSR count). The van der Waals surface area contributed by atoms with E-state index in [1.807, 2.05) is 13.8 Å². The standard InChI is InChI=1S/C15H26O4Si/c1-12(2)17-11-13(3,18-12)10-9-8-15(9,14(11,4)16-10)19-20(5,6)7/h9-11H,8H2,1-7H3/t9-,10+,11+,13+,14+,15+/m1/s1. The van der Waals surface area contributed by atoms with Crippen molar-refractivity contribution in [3.63, 3.8) is 0 Å². The first-order valence-electron chi connectivity index (χ1n) is 7.70. The summed E-state index contributed by atoms with van der Waals surface area (Å²) in [6.45, 7) is 15.1. The molecule has 114 valence electrons. The molecular weight excluding hydrogens is 272 g/mol. The summed E-state index contributed by atoms with van der Waals surface area (Å²) < 4.78 is 25.5. The fourth-order valence-corrected chi connectivity index (χ4v) is 6.61. The van der Waals surface area contributed by atoms with Crippen LogP contribution in [0.5, 0.6) is 0 Å². The molecule has 4 nitrogen and oxygen atoms in total. The quantitative estimate of drug-likeness (QED) is 0.735. The van der Waals surface area contributed by atoms with Crippen LogP contribution in [0.1, 0.15) is 34.1 Å². The van der Waals surface area contributed by atoms with Gasteiger partial charge in [-0.3, -0.25) is 0 Å². The minimum Gasteiger partial charge on any atom is -0.409 e. The van der Waals surface area contributed by atoms with E-state index >= 15 is 0 Å². The first kappa shape index (κ1) is 13.7. The lowest BCUT2D eigenvalue weighted by Gasteiger charge is -2.42. The molecule has 4 aliphatic rings. The average Bonchev–Trinajstić information content (AvgIpc) is 2.72. The van der Waals surface area contributed by atoms with E-state index < -0.39 is 14.1 Å². The van der Waals surface area contributed by atoms with Crippen molar-refractivity contribution in [3.8, 4) is 0 Å². The Labute approximate surface area is 122 Å². The van der Waals surface area contributed by atoms with Crippen LogP contribution in [-0.4, -0.2) is 43.1 Å². The minimum atomic E-state index is -1.62. The predicted molar refractivity (Wildman–Crippen MR) is 77.0 cm³/mol. The van der Waals surface area contributed by atoms with Crippen LogP contribution in [0.4, 0.5) is 0 Å². The van der Waals surface area contributed by atoms with Gasteiger partial charge in [-0.05, 0) is 53.8 Å². The van der Waals surface area contributed by atoms with Crippen LogP contribution in [-0.2, 0) is 18.6 Å². The molecule has 0 aromatic rings. The lowest BCUT2D eigenvalue weighted by atomic mass is 9.75. The highest BCUT2D eigenvalue weighted by atomic mass is 28.4. The molecule has 0 spiro atoms. The summed E-state index contributed by atoms with van der Waals surface area (Å²) in [5, 5.41) is 0. The minimum absolute atomic E-state index is 0.0369. The van der Waals surface area contributed by atoms with Gasteiger partial charge >= 0.3 is 0 Å². The predicted octanol–water partition coefficient (Wildman–Crippen LogP) is 2.68. The fourth-order valence-electron chi connectivity index (χ4n) is 5.08. The van der Waals surface area contributed by atoms with Crippen molar-refractivity contribution < 1.29 is 18.6 Å². The second-order valence-corrected chi connectivity index (χ2v) is 13.2. The van der Waals surface area contributed by atoms with Crippen molar-refractivity contribution in [2.75, 3.05) is 0 Å². The van der Waals surface area contributed by atoms with Gasteiger partial charge in [-0.25, -0.2) is 0 Å². The molecule has 6 atom stereocenters. The summed E-state index contributed by atoms with van der Waals surface area (Å²) in [6, 6.07) is 0. The first-order valence-corrected chi connectivity index (χ1v) is 11.1. The van der Waals surface area contributed by atoms with Gasteiger partial charge in [0.05, 0.1) is 11.7 Å². The van der Waals surface area contributed by atoms with Gasteiger partial charge in [0, 0.05) is 5.92 Å². The Bertz CT molecular complexity index is 487. The molecular formula is C15H26O4Si. The molecule has 4 fully saturated rings. The molecule has 3 heterocycles. The highest BCUT2D eigenvalue weighted by Crippen LogP contribution is 2.74. The van der Waals surface area contributed by atoms with Crippen LogP contribution in [0.15, 0.2) is 0 Å². The van der Waals surface area contributed by atoms with Crippen LogP contribution in [0, 0.1) is 5.92 Å². The van der Waals surface area contributed by atoms with Gasteiger partial charge in [0.15, 0.2) is 14.1 Å². The van der Waals surface area contributed by atoms with Crippen molar-refractivity contribution in [3.05, 3.63) is 0 Å². The van der Waals surface area contributed by atoms with Crippen LogP contribution in [0.3, 0.4) is 0 Å². The number of hydrogen-bond acceptors (Lipinski definition) is 4. The van der Waals surface area contributed by atoms with Crippen molar-refractivity contribution in [1.82, 2.24) is 0 Å². The van der Waals surface area contributed by atoms with Gasteiger partial charge in [0.1, 0.15) is 17.3 Å². The summed E-state index contributed by atoms with van der Waals surface area (Å²) >= 11 is 0. The normalized spacial score (nSPS) is 58.6. The van der Waals surface area contributed by atoms with Gasteiger partial charge in [-0.15, -0.1) is 0 Å². The van der Waals surface area contributed by atoms with Crippen molar-refractivity contribution in [2.24, 2.45) is 5.92 Å². The summed E-state index contributed by atoms with van der Waals surface area (Å²) in [4.78, 5) is 0. The molecule has 0 aromatic carbocycles. The third kappa shape index (κ3) is 1.36. The smallest absolute Gasteiger partial charge is 0.184 e. The Morgan fingerprint density at radius 3 is 2.30 bits per heavy atom. The van der Waals surface area contributed by atoms with Crippen LogP contribution < -0.4 is 0 Å². The van der Waals surface area contributed by atoms with Crippen LogP contribution >= 0.6 is 0 Å². The van der Waals surface area contributed by atoms with E-state index in [1.54, 1.807) is 0 Å². The molecule has 0 amide bonds. The molecule has 2 bridgehead atoms. The van der Waals surface area contributed by atoms with Crippen LogP contribution in [0.2, 0.25) is 19.6 Å². The Balaban J connectivity index is 1.73. The second kappa shape index (κ2) is 3.20. The van der Waals surface area contributed by atoms with E-state index in [0.717, 1.165) is 6.42 Å². The first-order chi connectivity index (χ1) is 8.94. The van der Waals surface area contributed by atoms with Gasteiger partial charge in [0.25, 0.3) is 0 Å². The molecule has 1 saturated carbocycles. The maximum Gasteiger partial charge on any atom is 0.184 e. The third-order valence-corrected chi connectivity index (χ3v) is 6.46. The van der Waals surface area contributed by atoms with E-state index in [-0.39, 0.29) is 29.0 Å². The lowest BCUT2D eigenvalue weighted by molar-refractivity contribution is -0.216. The Morgan fingerprint density at radius 1 is 1.05 bits per heavy atom. The van der Waals surface area contributed by atoms with Gasteiger partial charge < -0.3 is 18.6 Å². The van der Waals surface area contributed by atoms with Gasteiger partial charge in [0.2, 0.25) is 0 Å². The van der Waals surface area contributed by atoms with Gasteiger partial charge in [-0.1, -0.05) is 0 Å². The Hall–Kier alpha value is 0.0569. The molecule has 1 aliphatic carbocycles. The number of rotatable bonds is 2. The van der Waals surface area contributed by atoms with E-state index in [1.165, 1.54) is 0 Å².